The highest BCUT2D eigenvalue weighted by Crippen LogP contribution is 2.20. The Labute approximate surface area is 102 Å². The second kappa shape index (κ2) is 7.14. The SMILES string of the molecule is Cc1ccc(NCCC#N)cc1NCCC#N. The number of aryl methyl sites for hydroxylation is 1. The van der Waals surface area contributed by atoms with Crippen LogP contribution in [0.2, 0.25) is 0 Å². The number of anilines is 2. The van der Waals surface area contributed by atoms with Crippen molar-refractivity contribution < 1.29 is 0 Å². The predicted octanol–water partition coefficient (Wildman–Crippen LogP) is 2.65. The molecule has 0 fully saturated rings. The van der Waals surface area contributed by atoms with Crippen LogP contribution in [0.1, 0.15) is 18.4 Å². The largest absolute Gasteiger partial charge is 0.384 e. The van der Waals surface area contributed by atoms with Gasteiger partial charge in [0.25, 0.3) is 0 Å². The monoisotopic (exact) mass is 228 g/mol. The van der Waals surface area contributed by atoms with Crippen LogP contribution in [0.25, 0.3) is 0 Å². The third-order valence-corrected chi connectivity index (χ3v) is 2.36. The molecule has 4 heteroatoms. The number of hydrogen-bond donors (Lipinski definition) is 2. The van der Waals surface area contributed by atoms with Gasteiger partial charge in [0.2, 0.25) is 0 Å². The summed E-state index contributed by atoms with van der Waals surface area (Å²) in [5.41, 5.74) is 3.17. The number of nitrogens with zero attached hydrogens (tertiary/aromatic N) is 2. The molecule has 0 spiro atoms. The van der Waals surface area contributed by atoms with Crippen molar-refractivity contribution in [2.24, 2.45) is 0 Å². The molecule has 0 unspecified atom stereocenters. The van der Waals surface area contributed by atoms with Crippen molar-refractivity contribution in [1.82, 2.24) is 0 Å². The molecule has 0 aromatic heterocycles. The first-order valence-corrected chi connectivity index (χ1v) is 5.60. The molecule has 17 heavy (non-hydrogen) atoms. The van der Waals surface area contributed by atoms with Gasteiger partial charge >= 0.3 is 0 Å². The Morgan fingerprint density at radius 3 is 2.35 bits per heavy atom. The molecular formula is C13H16N4. The fourth-order valence-electron chi connectivity index (χ4n) is 1.44. The summed E-state index contributed by atoms with van der Waals surface area (Å²) in [5.74, 6) is 0. The number of benzene rings is 1. The summed E-state index contributed by atoms with van der Waals surface area (Å²) >= 11 is 0. The molecule has 4 nitrogen and oxygen atoms in total. The van der Waals surface area contributed by atoms with Gasteiger partial charge < -0.3 is 10.6 Å². The summed E-state index contributed by atoms with van der Waals surface area (Å²) < 4.78 is 0. The van der Waals surface area contributed by atoms with Gasteiger partial charge in [0, 0.05) is 24.5 Å². The number of nitriles is 2. The zero-order valence-electron chi connectivity index (χ0n) is 9.95. The molecule has 0 saturated heterocycles. The lowest BCUT2D eigenvalue weighted by Gasteiger charge is -2.11. The Morgan fingerprint density at radius 2 is 1.71 bits per heavy atom. The van der Waals surface area contributed by atoms with Gasteiger partial charge in [-0.1, -0.05) is 6.07 Å². The zero-order chi connectivity index (χ0) is 12.5. The predicted molar refractivity (Wildman–Crippen MR) is 68.6 cm³/mol. The molecule has 0 amide bonds. The van der Waals surface area contributed by atoms with Gasteiger partial charge in [-0.05, 0) is 24.6 Å². The molecule has 0 radical (unpaired) electrons. The molecule has 1 aromatic carbocycles. The van der Waals surface area contributed by atoms with Crippen LogP contribution in [0.4, 0.5) is 11.4 Å². The Bertz CT molecular complexity index is 440. The fourth-order valence-corrected chi connectivity index (χ4v) is 1.44. The number of hydrogen-bond acceptors (Lipinski definition) is 4. The summed E-state index contributed by atoms with van der Waals surface area (Å²) in [5, 5.41) is 23.3. The first-order chi connectivity index (χ1) is 8.27. The van der Waals surface area contributed by atoms with E-state index in [1.165, 1.54) is 0 Å². The maximum Gasteiger partial charge on any atom is 0.0640 e. The van der Waals surface area contributed by atoms with E-state index in [0.717, 1.165) is 16.9 Å². The maximum absolute atomic E-state index is 8.48. The van der Waals surface area contributed by atoms with Crippen molar-refractivity contribution in [3.05, 3.63) is 23.8 Å². The number of nitrogens with one attached hydrogen (secondary N) is 2. The zero-order valence-corrected chi connectivity index (χ0v) is 9.95. The summed E-state index contributed by atoms with van der Waals surface area (Å²) in [6, 6.07) is 10.2. The van der Waals surface area contributed by atoms with Crippen LogP contribution in [0, 0.1) is 29.6 Å². The van der Waals surface area contributed by atoms with Gasteiger partial charge in [-0.15, -0.1) is 0 Å². The van der Waals surface area contributed by atoms with E-state index in [1.54, 1.807) is 0 Å². The van der Waals surface area contributed by atoms with Crippen LogP contribution in [-0.4, -0.2) is 13.1 Å². The van der Waals surface area contributed by atoms with E-state index >= 15 is 0 Å². The highest BCUT2D eigenvalue weighted by atomic mass is 14.9. The lowest BCUT2D eigenvalue weighted by molar-refractivity contribution is 1.06. The van der Waals surface area contributed by atoms with E-state index < -0.39 is 0 Å². The van der Waals surface area contributed by atoms with Gasteiger partial charge in [0.05, 0.1) is 25.0 Å². The molecule has 0 aliphatic rings. The van der Waals surface area contributed by atoms with Gasteiger partial charge in [0.15, 0.2) is 0 Å². The molecule has 0 atom stereocenters. The molecule has 0 heterocycles. The van der Waals surface area contributed by atoms with E-state index in [2.05, 4.69) is 22.8 Å². The highest BCUT2D eigenvalue weighted by molar-refractivity contribution is 5.61. The van der Waals surface area contributed by atoms with Crippen molar-refractivity contribution in [2.45, 2.75) is 19.8 Å². The average Bonchev–Trinajstić information content (AvgIpc) is 2.33. The molecule has 88 valence electrons. The van der Waals surface area contributed by atoms with Crippen molar-refractivity contribution in [1.29, 1.82) is 10.5 Å². The van der Waals surface area contributed by atoms with Crippen molar-refractivity contribution in [2.75, 3.05) is 23.7 Å². The van der Waals surface area contributed by atoms with E-state index in [0.29, 0.717) is 25.9 Å². The lowest BCUT2D eigenvalue weighted by atomic mass is 10.1. The molecule has 0 saturated carbocycles. The molecule has 0 aliphatic heterocycles. The minimum absolute atomic E-state index is 0.491. The smallest absolute Gasteiger partial charge is 0.0640 e. The van der Waals surface area contributed by atoms with E-state index in [9.17, 15) is 0 Å². The van der Waals surface area contributed by atoms with Crippen LogP contribution < -0.4 is 10.6 Å². The van der Waals surface area contributed by atoms with Crippen LogP contribution in [0.15, 0.2) is 18.2 Å². The molecule has 1 aromatic rings. The maximum atomic E-state index is 8.48. The minimum Gasteiger partial charge on any atom is -0.384 e. The van der Waals surface area contributed by atoms with E-state index in [4.69, 9.17) is 10.5 Å². The average molecular weight is 228 g/mol. The minimum atomic E-state index is 0.491. The molecule has 0 bridgehead atoms. The van der Waals surface area contributed by atoms with Crippen LogP contribution >= 0.6 is 0 Å². The molecule has 2 N–H and O–H groups in total. The van der Waals surface area contributed by atoms with Crippen LogP contribution in [-0.2, 0) is 0 Å². The third kappa shape index (κ3) is 4.44. The second-order valence-corrected chi connectivity index (χ2v) is 3.70. The van der Waals surface area contributed by atoms with Crippen molar-refractivity contribution >= 4 is 11.4 Å². The van der Waals surface area contributed by atoms with Gasteiger partial charge in [-0.25, -0.2) is 0 Å². The fraction of sp³-hybridized carbons (Fsp3) is 0.385. The van der Waals surface area contributed by atoms with Crippen molar-refractivity contribution in [3.63, 3.8) is 0 Å². The normalized spacial score (nSPS) is 9.12. The molecular weight excluding hydrogens is 212 g/mol. The first-order valence-electron chi connectivity index (χ1n) is 5.60. The Hall–Kier alpha value is -2.20. The van der Waals surface area contributed by atoms with E-state index in [1.807, 2.05) is 25.1 Å². The summed E-state index contributed by atoms with van der Waals surface area (Å²) in [6.07, 6.45) is 0.983. The lowest BCUT2D eigenvalue weighted by Crippen LogP contribution is -2.04. The summed E-state index contributed by atoms with van der Waals surface area (Å²) in [7, 11) is 0. The quantitative estimate of drug-likeness (QED) is 0.734. The topological polar surface area (TPSA) is 71.6 Å². The van der Waals surface area contributed by atoms with Crippen molar-refractivity contribution in [3.8, 4) is 12.1 Å². The first kappa shape index (κ1) is 12.9. The standard InChI is InChI=1S/C13H16N4/c1-11-4-5-12(16-8-2-6-14)10-13(11)17-9-3-7-15/h4-5,10,16-17H,2-3,8-9H2,1H3. The molecule has 0 aliphatic carbocycles. The Balaban J connectivity index is 2.60. The summed E-state index contributed by atoms with van der Waals surface area (Å²) in [6.45, 7) is 3.32. The third-order valence-electron chi connectivity index (χ3n) is 2.36. The van der Waals surface area contributed by atoms with E-state index in [-0.39, 0.29) is 0 Å². The second-order valence-electron chi connectivity index (χ2n) is 3.70. The number of rotatable bonds is 6. The van der Waals surface area contributed by atoms with Gasteiger partial charge in [-0.2, -0.15) is 10.5 Å². The van der Waals surface area contributed by atoms with Gasteiger partial charge in [-0.3, -0.25) is 0 Å². The Morgan fingerprint density at radius 1 is 1.06 bits per heavy atom. The van der Waals surface area contributed by atoms with Gasteiger partial charge in [0.1, 0.15) is 0 Å². The summed E-state index contributed by atoms with van der Waals surface area (Å²) in [4.78, 5) is 0. The molecule has 1 rings (SSSR count). The highest BCUT2D eigenvalue weighted by Gasteiger charge is 1.99. The Kier molecular flexibility index (Phi) is 5.40. The van der Waals surface area contributed by atoms with Crippen LogP contribution in [0.5, 0.6) is 0 Å². The van der Waals surface area contributed by atoms with Crippen LogP contribution in [0.3, 0.4) is 0 Å².